The molecular weight excluding hydrogens is 392 g/mol. The molecule has 4 aromatic rings. The number of halogens is 1. The number of rotatable bonds is 6. The number of nitrogens with zero attached hydrogens (tertiary/aromatic N) is 3. The van der Waals surface area contributed by atoms with Crippen molar-refractivity contribution in [2.45, 2.75) is 0 Å². The van der Waals surface area contributed by atoms with Gasteiger partial charge in [-0.15, -0.1) is 0 Å². The van der Waals surface area contributed by atoms with Crippen LogP contribution in [0.15, 0.2) is 67.3 Å². The summed E-state index contributed by atoms with van der Waals surface area (Å²) in [5, 5.41) is 8.98. The summed E-state index contributed by atoms with van der Waals surface area (Å²) < 4.78 is 7.13. The maximum absolute atomic E-state index is 12.5. The first kappa shape index (κ1) is 18.6. The van der Waals surface area contributed by atoms with Crippen LogP contribution in [0.4, 0.5) is 5.69 Å². The largest absolute Gasteiger partial charge is 0.483 e. The van der Waals surface area contributed by atoms with Crippen LogP contribution < -0.4 is 10.1 Å². The van der Waals surface area contributed by atoms with Gasteiger partial charge in [-0.2, -0.15) is 5.10 Å². The SMILES string of the molecule is O=Cc1c(OCC(=O)Nc2cc(Cl)ccc2-n2cncn2)ccc2ccccc12. The Labute approximate surface area is 170 Å². The van der Waals surface area contributed by atoms with E-state index in [4.69, 9.17) is 16.3 Å². The molecule has 1 amide bonds. The molecule has 1 N–H and O–H groups in total. The zero-order valence-electron chi connectivity index (χ0n) is 15.1. The highest BCUT2D eigenvalue weighted by Gasteiger charge is 2.13. The summed E-state index contributed by atoms with van der Waals surface area (Å²) in [7, 11) is 0. The van der Waals surface area contributed by atoms with Gasteiger partial charge in [-0.3, -0.25) is 9.59 Å². The van der Waals surface area contributed by atoms with E-state index in [1.54, 1.807) is 24.3 Å². The minimum absolute atomic E-state index is 0.275. The number of benzene rings is 3. The lowest BCUT2D eigenvalue weighted by Gasteiger charge is -2.13. The zero-order chi connectivity index (χ0) is 20.2. The third-order valence-electron chi connectivity index (χ3n) is 4.31. The third kappa shape index (κ3) is 3.95. The third-order valence-corrected chi connectivity index (χ3v) is 4.54. The van der Waals surface area contributed by atoms with Crippen LogP contribution >= 0.6 is 11.6 Å². The second kappa shape index (κ2) is 8.12. The molecule has 0 bridgehead atoms. The van der Waals surface area contributed by atoms with Gasteiger partial charge in [0.05, 0.1) is 16.9 Å². The molecular formula is C21H15ClN4O3. The highest BCUT2D eigenvalue weighted by atomic mass is 35.5. The van der Waals surface area contributed by atoms with E-state index in [1.807, 2.05) is 30.3 Å². The van der Waals surface area contributed by atoms with Crippen molar-refractivity contribution in [2.24, 2.45) is 0 Å². The van der Waals surface area contributed by atoms with E-state index in [9.17, 15) is 9.59 Å². The number of amides is 1. The van der Waals surface area contributed by atoms with Gasteiger partial charge in [-0.05, 0) is 35.0 Å². The Kier molecular flexibility index (Phi) is 5.22. The number of carbonyl (C=O) groups excluding carboxylic acids is 2. The van der Waals surface area contributed by atoms with E-state index in [0.29, 0.717) is 27.7 Å². The van der Waals surface area contributed by atoms with E-state index in [2.05, 4.69) is 15.4 Å². The molecule has 0 unspecified atom stereocenters. The summed E-state index contributed by atoms with van der Waals surface area (Å²) in [6.07, 6.45) is 3.64. The Morgan fingerprint density at radius 1 is 1.17 bits per heavy atom. The maximum Gasteiger partial charge on any atom is 0.262 e. The predicted octanol–water partition coefficient (Wildman–Crippen LogP) is 3.90. The standard InChI is InChI=1S/C21H15ClN4O3/c22-15-6-7-19(26-13-23-12-24-26)18(9-15)25-21(28)11-29-20-8-5-14-3-1-2-4-16(14)17(20)10-27/h1-10,12-13H,11H2,(H,25,28). The average Bonchev–Trinajstić information content (AvgIpc) is 3.26. The fourth-order valence-electron chi connectivity index (χ4n) is 2.99. The molecule has 1 aromatic heterocycles. The van der Waals surface area contributed by atoms with E-state index in [-0.39, 0.29) is 6.61 Å². The number of anilines is 1. The molecule has 0 fully saturated rings. The molecule has 3 aromatic carbocycles. The number of hydrogen-bond acceptors (Lipinski definition) is 5. The van der Waals surface area contributed by atoms with Crippen LogP contribution in [0.1, 0.15) is 10.4 Å². The van der Waals surface area contributed by atoms with Crippen molar-refractivity contribution in [3.63, 3.8) is 0 Å². The summed E-state index contributed by atoms with van der Waals surface area (Å²) in [6, 6.07) is 16.0. The van der Waals surface area contributed by atoms with Crippen LogP contribution in [0.2, 0.25) is 5.02 Å². The number of aldehydes is 1. The first-order valence-electron chi connectivity index (χ1n) is 8.70. The van der Waals surface area contributed by atoms with E-state index >= 15 is 0 Å². The number of nitrogens with one attached hydrogen (secondary N) is 1. The van der Waals surface area contributed by atoms with Gasteiger partial charge in [-0.1, -0.05) is 41.9 Å². The Hall–Kier alpha value is -3.71. The topological polar surface area (TPSA) is 86.1 Å². The molecule has 0 saturated heterocycles. The van der Waals surface area contributed by atoms with Crippen molar-refractivity contribution < 1.29 is 14.3 Å². The second-order valence-electron chi connectivity index (χ2n) is 6.15. The normalized spacial score (nSPS) is 10.7. The summed E-state index contributed by atoms with van der Waals surface area (Å²) in [6.45, 7) is -0.275. The van der Waals surface area contributed by atoms with E-state index in [1.165, 1.54) is 17.3 Å². The zero-order valence-corrected chi connectivity index (χ0v) is 15.8. The van der Waals surface area contributed by atoms with Gasteiger partial charge >= 0.3 is 0 Å². The van der Waals surface area contributed by atoms with Crippen LogP contribution in [-0.2, 0) is 4.79 Å². The fraction of sp³-hybridized carbons (Fsp3) is 0.0476. The van der Waals surface area contributed by atoms with Gasteiger partial charge in [0.1, 0.15) is 18.4 Å². The predicted molar refractivity (Wildman–Crippen MR) is 110 cm³/mol. The molecule has 0 atom stereocenters. The number of fused-ring (bicyclic) bond motifs is 1. The Morgan fingerprint density at radius 2 is 2.03 bits per heavy atom. The first-order valence-corrected chi connectivity index (χ1v) is 9.07. The molecule has 0 aliphatic heterocycles. The van der Waals surface area contributed by atoms with Gasteiger partial charge in [0.2, 0.25) is 0 Å². The van der Waals surface area contributed by atoms with Crippen LogP contribution in [0.25, 0.3) is 16.5 Å². The van der Waals surface area contributed by atoms with Crippen molar-refractivity contribution in [1.29, 1.82) is 0 Å². The lowest BCUT2D eigenvalue weighted by molar-refractivity contribution is -0.118. The minimum atomic E-state index is -0.404. The van der Waals surface area contributed by atoms with Gasteiger partial charge in [0.25, 0.3) is 5.91 Å². The molecule has 0 saturated carbocycles. The molecule has 0 spiro atoms. The molecule has 7 nitrogen and oxygen atoms in total. The van der Waals surface area contributed by atoms with Crippen LogP contribution in [0.5, 0.6) is 5.75 Å². The first-order chi connectivity index (χ1) is 14.2. The van der Waals surface area contributed by atoms with Gasteiger partial charge in [-0.25, -0.2) is 9.67 Å². The van der Waals surface area contributed by atoms with Crippen molar-refractivity contribution in [2.75, 3.05) is 11.9 Å². The quantitative estimate of drug-likeness (QED) is 0.491. The Morgan fingerprint density at radius 3 is 2.83 bits per heavy atom. The summed E-state index contributed by atoms with van der Waals surface area (Å²) in [4.78, 5) is 28.0. The number of aromatic nitrogens is 3. The van der Waals surface area contributed by atoms with Crippen LogP contribution in [0.3, 0.4) is 0 Å². The number of ether oxygens (including phenoxy) is 1. The highest BCUT2D eigenvalue weighted by Crippen LogP contribution is 2.27. The Balaban J connectivity index is 1.53. The van der Waals surface area contributed by atoms with Crippen molar-refractivity contribution in [3.8, 4) is 11.4 Å². The van der Waals surface area contributed by atoms with Crippen LogP contribution in [-0.4, -0.2) is 33.6 Å². The van der Waals surface area contributed by atoms with Crippen molar-refractivity contribution >= 4 is 40.3 Å². The monoisotopic (exact) mass is 406 g/mol. The second-order valence-corrected chi connectivity index (χ2v) is 6.59. The fourth-order valence-corrected chi connectivity index (χ4v) is 3.17. The van der Waals surface area contributed by atoms with Gasteiger partial charge < -0.3 is 10.1 Å². The smallest absolute Gasteiger partial charge is 0.262 e. The average molecular weight is 407 g/mol. The lowest BCUT2D eigenvalue weighted by atomic mass is 10.0. The molecule has 4 rings (SSSR count). The van der Waals surface area contributed by atoms with Gasteiger partial charge in [0.15, 0.2) is 12.9 Å². The van der Waals surface area contributed by atoms with Crippen molar-refractivity contribution in [1.82, 2.24) is 14.8 Å². The van der Waals surface area contributed by atoms with E-state index < -0.39 is 5.91 Å². The molecule has 0 aliphatic rings. The molecule has 0 aliphatic carbocycles. The van der Waals surface area contributed by atoms with Crippen molar-refractivity contribution in [3.05, 3.63) is 77.8 Å². The van der Waals surface area contributed by atoms with Crippen LogP contribution in [0, 0.1) is 0 Å². The molecule has 0 radical (unpaired) electrons. The number of carbonyl (C=O) groups is 2. The van der Waals surface area contributed by atoms with E-state index in [0.717, 1.165) is 17.1 Å². The summed E-state index contributed by atoms with van der Waals surface area (Å²) in [5.74, 6) is -0.0601. The summed E-state index contributed by atoms with van der Waals surface area (Å²) in [5.41, 5.74) is 1.48. The molecule has 29 heavy (non-hydrogen) atoms. The molecule has 8 heteroatoms. The molecule has 144 valence electrons. The maximum atomic E-state index is 12.5. The minimum Gasteiger partial charge on any atom is -0.483 e. The lowest BCUT2D eigenvalue weighted by Crippen LogP contribution is -2.21. The summed E-state index contributed by atoms with van der Waals surface area (Å²) >= 11 is 6.06. The van der Waals surface area contributed by atoms with Gasteiger partial charge in [0, 0.05) is 5.02 Å². The number of hydrogen-bond donors (Lipinski definition) is 1. The Bertz CT molecular complexity index is 1190. The molecule has 1 heterocycles. The highest BCUT2D eigenvalue weighted by molar-refractivity contribution is 6.31.